The van der Waals surface area contributed by atoms with E-state index in [4.69, 9.17) is 13.3 Å². The largest absolute Gasteiger partial charge is 0.585 e. The van der Waals surface area contributed by atoms with E-state index in [1.54, 1.807) is 29.9 Å². The molecule has 0 spiro atoms. The van der Waals surface area contributed by atoms with Gasteiger partial charge in [-0.25, -0.2) is 0 Å². The summed E-state index contributed by atoms with van der Waals surface area (Å²) in [6.07, 6.45) is 0. The highest BCUT2D eigenvalue weighted by Crippen LogP contribution is 2.47. The van der Waals surface area contributed by atoms with Gasteiger partial charge in [0.15, 0.2) is 0 Å². The molecule has 98 valence electrons. The molecule has 8 heteroatoms. The first-order valence-corrected chi connectivity index (χ1v) is 12.7. The van der Waals surface area contributed by atoms with Crippen LogP contribution in [0.1, 0.15) is 27.7 Å². The molecule has 0 aromatic heterocycles. The van der Waals surface area contributed by atoms with Crippen molar-refractivity contribution >= 4 is 48.6 Å². The second-order valence-corrected chi connectivity index (χ2v) is 13.0. The van der Waals surface area contributed by atoms with Gasteiger partial charge in [-0.3, -0.25) is 0 Å². The van der Waals surface area contributed by atoms with Crippen molar-refractivity contribution in [2.75, 3.05) is 25.6 Å². The molecule has 0 atom stereocenters. The Balaban J connectivity index is 4.12. The molecule has 0 heterocycles. The fourth-order valence-corrected chi connectivity index (χ4v) is 14.6. The number of hydrogen-bond acceptors (Lipinski definition) is 7. The summed E-state index contributed by atoms with van der Waals surface area (Å²) in [4.78, 5) is 0. The minimum Gasteiger partial charge on any atom is -0.365 e. The van der Waals surface area contributed by atoms with Gasteiger partial charge in [-0.1, -0.05) is 17.7 Å². The molecule has 0 aliphatic rings. The standard InChI is InChI=1S/C8H20O3S4Si/c1-5-9-16(10-6-2,11-7-3)15-14-13-12-8-4/h5-8H2,1-4H3. The van der Waals surface area contributed by atoms with Crippen molar-refractivity contribution in [3.05, 3.63) is 0 Å². The third-order valence-corrected chi connectivity index (χ3v) is 14.1. The normalized spacial score (nSPS) is 12.0. The van der Waals surface area contributed by atoms with Crippen LogP contribution in [0.3, 0.4) is 0 Å². The summed E-state index contributed by atoms with van der Waals surface area (Å²) in [6, 6.07) is 0. The molecule has 0 aromatic rings. The van der Waals surface area contributed by atoms with Crippen LogP contribution in [0.5, 0.6) is 0 Å². The fraction of sp³-hybridized carbons (Fsp3) is 1.00. The highest BCUT2D eigenvalue weighted by Gasteiger charge is 2.43. The second-order valence-electron chi connectivity index (χ2n) is 2.42. The molecule has 0 N–H and O–H groups in total. The van der Waals surface area contributed by atoms with E-state index in [1.807, 2.05) is 31.6 Å². The van der Waals surface area contributed by atoms with Gasteiger partial charge < -0.3 is 13.3 Å². The maximum atomic E-state index is 5.70. The topological polar surface area (TPSA) is 27.7 Å². The van der Waals surface area contributed by atoms with Gasteiger partial charge in [0.1, 0.15) is 0 Å². The monoisotopic (exact) mass is 320 g/mol. The molecule has 0 saturated carbocycles. The predicted molar refractivity (Wildman–Crippen MR) is 81.5 cm³/mol. The van der Waals surface area contributed by atoms with E-state index >= 15 is 0 Å². The summed E-state index contributed by atoms with van der Waals surface area (Å²) in [6.45, 7) is 9.94. The zero-order valence-electron chi connectivity index (χ0n) is 10.2. The van der Waals surface area contributed by atoms with Crippen LogP contribution in [0.15, 0.2) is 0 Å². The van der Waals surface area contributed by atoms with Gasteiger partial charge in [0.25, 0.3) is 0 Å². The van der Waals surface area contributed by atoms with Crippen LogP contribution >= 0.6 is 40.7 Å². The molecule has 0 aliphatic heterocycles. The van der Waals surface area contributed by atoms with Crippen LogP contribution in [0.2, 0.25) is 0 Å². The quantitative estimate of drug-likeness (QED) is 0.319. The van der Waals surface area contributed by atoms with Crippen molar-refractivity contribution in [2.24, 2.45) is 0 Å². The van der Waals surface area contributed by atoms with Crippen molar-refractivity contribution in [3.63, 3.8) is 0 Å². The lowest BCUT2D eigenvalue weighted by atomic mass is 10.9. The summed E-state index contributed by atoms with van der Waals surface area (Å²) in [5, 5.41) is 0. The van der Waals surface area contributed by atoms with E-state index in [2.05, 4.69) is 6.92 Å². The average Bonchev–Trinajstić information content (AvgIpc) is 2.26. The second kappa shape index (κ2) is 11.6. The summed E-state index contributed by atoms with van der Waals surface area (Å²) in [7, 11) is 4.37. The van der Waals surface area contributed by atoms with Gasteiger partial charge in [-0.05, 0) is 50.7 Å². The number of rotatable bonds is 11. The highest BCUT2D eigenvalue weighted by molar-refractivity contribution is 9.28. The Labute approximate surface area is 115 Å². The summed E-state index contributed by atoms with van der Waals surface area (Å²) < 4.78 is 17.1. The molecule has 0 rings (SSSR count). The molecule has 0 unspecified atom stereocenters. The van der Waals surface area contributed by atoms with Crippen LogP contribution in [0.25, 0.3) is 0 Å². The molecule has 0 aliphatic carbocycles. The van der Waals surface area contributed by atoms with E-state index in [0.29, 0.717) is 19.8 Å². The van der Waals surface area contributed by atoms with Gasteiger partial charge in [0, 0.05) is 25.6 Å². The summed E-state index contributed by atoms with van der Waals surface area (Å²) in [5.74, 6) is 1.10. The van der Waals surface area contributed by atoms with Crippen LogP contribution in [0.4, 0.5) is 0 Å². The molecule has 0 aromatic carbocycles. The molecule has 0 amide bonds. The smallest absolute Gasteiger partial charge is 0.365 e. The third-order valence-electron chi connectivity index (χ3n) is 1.29. The first kappa shape index (κ1) is 17.5. The Hall–Kier alpha value is 1.50. The van der Waals surface area contributed by atoms with E-state index < -0.39 is 7.95 Å². The minimum absolute atomic E-state index is 0.630. The first-order chi connectivity index (χ1) is 7.74. The van der Waals surface area contributed by atoms with Gasteiger partial charge in [-0.2, -0.15) is 0 Å². The van der Waals surface area contributed by atoms with Crippen LogP contribution in [0, 0.1) is 0 Å². The van der Waals surface area contributed by atoms with Crippen molar-refractivity contribution < 1.29 is 13.3 Å². The Bertz CT molecular complexity index is 147. The Kier molecular flexibility index (Phi) is 12.7. The minimum atomic E-state index is -2.50. The molecule has 0 radical (unpaired) electrons. The molecule has 0 saturated heterocycles. The van der Waals surface area contributed by atoms with Crippen LogP contribution < -0.4 is 0 Å². The third kappa shape index (κ3) is 7.75. The maximum Gasteiger partial charge on any atom is 0.585 e. The van der Waals surface area contributed by atoms with Crippen molar-refractivity contribution in [3.8, 4) is 0 Å². The fourth-order valence-electron chi connectivity index (χ4n) is 0.851. The molecule has 16 heavy (non-hydrogen) atoms. The summed E-state index contributed by atoms with van der Waals surface area (Å²) >= 11 is 0. The highest BCUT2D eigenvalue weighted by atomic mass is 33.7. The molecule has 3 nitrogen and oxygen atoms in total. The van der Waals surface area contributed by atoms with Gasteiger partial charge >= 0.3 is 7.95 Å². The number of hydrogen-bond donors (Lipinski definition) is 0. The van der Waals surface area contributed by atoms with Gasteiger partial charge in [0.2, 0.25) is 0 Å². The Morgan fingerprint density at radius 3 is 1.69 bits per heavy atom. The maximum absolute atomic E-state index is 5.70. The Morgan fingerprint density at radius 2 is 1.31 bits per heavy atom. The lowest BCUT2D eigenvalue weighted by molar-refractivity contribution is 0.0971. The van der Waals surface area contributed by atoms with E-state index in [1.165, 1.54) is 0 Å². The zero-order valence-corrected chi connectivity index (χ0v) is 14.5. The molecule has 0 bridgehead atoms. The molecule has 0 fully saturated rings. The van der Waals surface area contributed by atoms with E-state index in [-0.39, 0.29) is 0 Å². The van der Waals surface area contributed by atoms with Gasteiger partial charge in [-0.15, -0.1) is 0 Å². The lowest BCUT2D eigenvalue weighted by Crippen LogP contribution is -2.42. The van der Waals surface area contributed by atoms with Crippen molar-refractivity contribution in [1.29, 1.82) is 0 Å². The average molecular weight is 321 g/mol. The van der Waals surface area contributed by atoms with Crippen molar-refractivity contribution in [1.82, 2.24) is 0 Å². The zero-order chi connectivity index (χ0) is 12.3. The molecular weight excluding hydrogens is 300 g/mol. The molecular formula is C8H20O3S4Si. The van der Waals surface area contributed by atoms with Crippen LogP contribution in [-0.2, 0) is 13.3 Å². The van der Waals surface area contributed by atoms with Crippen LogP contribution in [-0.4, -0.2) is 33.5 Å². The van der Waals surface area contributed by atoms with Gasteiger partial charge in [0.05, 0.1) is 0 Å². The van der Waals surface area contributed by atoms with E-state index in [0.717, 1.165) is 5.75 Å². The SMILES string of the molecule is CCO[Si](OCC)(OCC)SSSSCC. The summed E-state index contributed by atoms with van der Waals surface area (Å²) in [5.41, 5.74) is 0. The predicted octanol–water partition coefficient (Wildman–Crippen LogP) is 4.23. The lowest BCUT2D eigenvalue weighted by Gasteiger charge is -2.25. The van der Waals surface area contributed by atoms with Crippen molar-refractivity contribution in [2.45, 2.75) is 27.7 Å². The van der Waals surface area contributed by atoms with E-state index in [9.17, 15) is 0 Å². The first-order valence-electron chi connectivity index (χ1n) is 5.30. The Morgan fingerprint density at radius 1 is 0.812 bits per heavy atom.